The highest BCUT2D eigenvalue weighted by Crippen LogP contribution is 2.09. The maximum atomic E-state index is 12.3. The number of thiophene rings is 1. The van der Waals surface area contributed by atoms with Crippen LogP contribution in [-0.2, 0) is 17.8 Å². The molecule has 3 aromatic rings. The van der Waals surface area contributed by atoms with Gasteiger partial charge in [0, 0.05) is 11.4 Å². The number of carbonyl (C=O) groups excluding carboxylic acids is 1. The second-order valence-corrected chi connectivity index (χ2v) is 7.27. The predicted octanol–water partition coefficient (Wildman–Crippen LogP) is 2.16. The van der Waals surface area contributed by atoms with Gasteiger partial charge in [0.05, 0.1) is 23.5 Å². The van der Waals surface area contributed by atoms with Gasteiger partial charge in [0.15, 0.2) is 0 Å². The van der Waals surface area contributed by atoms with Crippen LogP contribution in [0.2, 0.25) is 0 Å². The third kappa shape index (κ3) is 4.36. The number of aromatic nitrogens is 2. The van der Waals surface area contributed by atoms with Gasteiger partial charge >= 0.3 is 0 Å². The van der Waals surface area contributed by atoms with E-state index in [1.54, 1.807) is 17.4 Å². The monoisotopic (exact) mass is 370 g/mol. The van der Waals surface area contributed by atoms with E-state index >= 15 is 0 Å². The first-order valence-corrected chi connectivity index (χ1v) is 9.41. The molecule has 1 atom stereocenters. The Morgan fingerprint density at radius 3 is 2.88 bits per heavy atom. The molecule has 0 aliphatic rings. The van der Waals surface area contributed by atoms with Gasteiger partial charge in [-0.25, -0.2) is 4.98 Å². The summed E-state index contributed by atoms with van der Waals surface area (Å²) in [6.45, 7) is 2.85. The number of hydrogen-bond acceptors (Lipinski definition) is 5. The van der Waals surface area contributed by atoms with Gasteiger partial charge in [0.2, 0.25) is 5.91 Å². The van der Waals surface area contributed by atoms with E-state index in [4.69, 9.17) is 0 Å². The van der Waals surface area contributed by atoms with Crippen LogP contribution in [0.25, 0.3) is 10.9 Å². The smallest absolute Gasteiger partial charge is 0.258 e. The van der Waals surface area contributed by atoms with E-state index in [1.165, 1.54) is 4.88 Å². The highest BCUT2D eigenvalue weighted by atomic mass is 32.1. The molecule has 6 nitrogen and oxygen atoms in total. The molecular formula is C19H22N4O2S. The normalized spacial score (nSPS) is 12.4. The quantitative estimate of drug-likeness (QED) is 0.668. The lowest BCUT2D eigenvalue weighted by atomic mass is 10.2. The Kier molecular flexibility index (Phi) is 5.80. The van der Waals surface area contributed by atoms with Crippen LogP contribution in [0.4, 0.5) is 0 Å². The van der Waals surface area contributed by atoms with E-state index in [0.717, 1.165) is 6.42 Å². The molecule has 0 radical (unpaired) electrons. The van der Waals surface area contributed by atoms with Crippen molar-refractivity contribution in [2.45, 2.75) is 25.9 Å². The number of amides is 1. The van der Waals surface area contributed by atoms with Crippen LogP contribution >= 0.6 is 11.3 Å². The van der Waals surface area contributed by atoms with E-state index in [1.807, 2.05) is 48.5 Å². The molecule has 3 rings (SSSR count). The summed E-state index contributed by atoms with van der Waals surface area (Å²) < 4.78 is 0. The number of H-pyrrole nitrogens is 1. The number of para-hydroxylation sites is 1. The van der Waals surface area contributed by atoms with Gasteiger partial charge < -0.3 is 10.3 Å². The number of fused-ring (bicyclic) bond motifs is 1. The van der Waals surface area contributed by atoms with Crippen molar-refractivity contribution in [3.8, 4) is 0 Å². The number of hydrogen-bond donors (Lipinski definition) is 2. The van der Waals surface area contributed by atoms with Crippen molar-refractivity contribution in [2.24, 2.45) is 0 Å². The van der Waals surface area contributed by atoms with E-state index in [9.17, 15) is 9.59 Å². The predicted molar refractivity (Wildman–Crippen MR) is 104 cm³/mol. The summed E-state index contributed by atoms with van der Waals surface area (Å²) in [5.74, 6) is 0.515. The van der Waals surface area contributed by atoms with Gasteiger partial charge in [-0.1, -0.05) is 18.2 Å². The number of likely N-dealkylation sites (N-methyl/N-ethyl adjacent to an activating group) is 1. The zero-order chi connectivity index (χ0) is 18.5. The molecule has 2 heterocycles. The fourth-order valence-electron chi connectivity index (χ4n) is 2.69. The Hall–Kier alpha value is -2.51. The average Bonchev–Trinajstić information content (AvgIpc) is 3.14. The number of nitrogens with one attached hydrogen (secondary N) is 2. The van der Waals surface area contributed by atoms with Crippen molar-refractivity contribution in [3.05, 3.63) is 62.8 Å². The third-order valence-electron chi connectivity index (χ3n) is 4.35. The van der Waals surface area contributed by atoms with Gasteiger partial charge in [0.25, 0.3) is 5.56 Å². The summed E-state index contributed by atoms with van der Waals surface area (Å²) in [4.78, 5) is 34.9. The van der Waals surface area contributed by atoms with E-state index in [0.29, 0.717) is 29.8 Å². The molecule has 0 fully saturated rings. The van der Waals surface area contributed by atoms with Gasteiger partial charge in [-0.05, 0) is 44.0 Å². The molecule has 0 bridgehead atoms. The molecular weight excluding hydrogens is 348 g/mol. The largest absolute Gasteiger partial charge is 0.354 e. The minimum absolute atomic E-state index is 0.0350. The molecule has 0 saturated carbocycles. The molecule has 1 amide bonds. The van der Waals surface area contributed by atoms with Crippen LogP contribution in [0.5, 0.6) is 0 Å². The highest BCUT2D eigenvalue weighted by Gasteiger charge is 2.18. The number of nitrogens with zero attached hydrogens (tertiary/aromatic N) is 2. The highest BCUT2D eigenvalue weighted by molar-refractivity contribution is 7.09. The molecule has 0 spiro atoms. The fourth-order valence-corrected chi connectivity index (χ4v) is 3.40. The Labute approximate surface area is 155 Å². The summed E-state index contributed by atoms with van der Waals surface area (Å²) in [5, 5.41) is 5.56. The Bertz CT molecular complexity index is 936. The maximum Gasteiger partial charge on any atom is 0.258 e. The lowest BCUT2D eigenvalue weighted by Crippen LogP contribution is -2.43. The summed E-state index contributed by atoms with van der Waals surface area (Å²) >= 11 is 1.69. The second kappa shape index (κ2) is 8.25. The lowest BCUT2D eigenvalue weighted by Gasteiger charge is -2.23. The fraction of sp³-hybridized carbons (Fsp3) is 0.316. The topological polar surface area (TPSA) is 78.1 Å². The van der Waals surface area contributed by atoms with Crippen molar-refractivity contribution in [2.75, 3.05) is 13.6 Å². The van der Waals surface area contributed by atoms with Crippen LogP contribution < -0.4 is 10.9 Å². The van der Waals surface area contributed by atoms with Crippen molar-refractivity contribution in [1.82, 2.24) is 20.2 Å². The first-order valence-electron chi connectivity index (χ1n) is 8.53. The van der Waals surface area contributed by atoms with Crippen LogP contribution in [0.3, 0.4) is 0 Å². The standard InChI is InChI=1S/C19H22N4O2S/c1-13(18(24)20-10-9-14-6-5-11-26-14)23(2)12-17-21-16-8-4-3-7-15(16)19(25)22-17/h3-8,11,13H,9-10,12H2,1-2H3,(H,20,24)(H,21,22,25)/t13-/m1/s1. The molecule has 136 valence electrons. The molecule has 7 heteroatoms. The lowest BCUT2D eigenvalue weighted by molar-refractivity contribution is -0.125. The van der Waals surface area contributed by atoms with Crippen molar-refractivity contribution < 1.29 is 4.79 Å². The number of aromatic amines is 1. The zero-order valence-electron chi connectivity index (χ0n) is 14.9. The van der Waals surface area contributed by atoms with Gasteiger partial charge in [-0.2, -0.15) is 0 Å². The zero-order valence-corrected chi connectivity index (χ0v) is 15.7. The maximum absolute atomic E-state index is 12.3. The first-order chi connectivity index (χ1) is 12.5. The summed E-state index contributed by atoms with van der Waals surface area (Å²) in [6.07, 6.45) is 0.833. The summed E-state index contributed by atoms with van der Waals surface area (Å²) in [7, 11) is 1.85. The minimum atomic E-state index is -0.324. The van der Waals surface area contributed by atoms with E-state index in [2.05, 4.69) is 21.4 Å². The molecule has 0 unspecified atom stereocenters. The Morgan fingerprint density at radius 2 is 2.12 bits per heavy atom. The van der Waals surface area contributed by atoms with E-state index in [-0.39, 0.29) is 17.5 Å². The van der Waals surface area contributed by atoms with Crippen molar-refractivity contribution in [3.63, 3.8) is 0 Å². The number of rotatable bonds is 7. The summed E-state index contributed by atoms with van der Waals surface area (Å²) in [6, 6.07) is 11.0. The van der Waals surface area contributed by atoms with Crippen molar-refractivity contribution in [1.29, 1.82) is 0 Å². The SMILES string of the molecule is C[C@H](C(=O)NCCc1cccs1)N(C)Cc1nc2ccccc2c(=O)[nH]1. The molecule has 2 N–H and O–H groups in total. The van der Waals surface area contributed by atoms with Crippen LogP contribution in [0.1, 0.15) is 17.6 Å². The van der Waals surface area contributed by atoms with Crippen molar-refractivity contribution >= 4 is 28.1 Å². The first kappa shape index (κ1) is 18.3. The summed E-state index contributed by atoms with van der Waals surface area (Å²) in [5.41, 5.74) is 0.500. The molecule has 26 heavy (non-hydrogen) atoms. The second-order valence-electron chi connectivity index (χ2n) is 6.24. The van der Waals surface area contributed by atoms with Gasteiger partial charge in [0.1, 0.15) is 5.82 Å². The molecule has 0 aliphatic carbocycles. The molecule has 1 aromatic carbocycles. The van der Waals surface area contributed by atoms with Crippen LogP contribution in [0, 0.1) is 0 Å². The minimum Gasteiger partial charge on any atom is -0.354 e. The molecule has 2 aromatic heterocycles. The molecule has 0 aliphatic heterocycles. The average molecular weight is 370 g/mol. The van der Waals surface area contributed by atoms with Gasteiger partial charge in [-0.3, -0.25) is 14.5 Å². The Balaban J connectivity index is 1.59. The Morgan fingerprint density at radius 1 is 1.31 bits per heavy atom. The van der Waals surface area contributed by atoms with Crippen LogP contribution in [-0.4, -0.2) is 40.4 Å². The third-order valence-corrected chi connectivity index (χ3v) is 5.29. The van der Waals surface area contributed by atoms with Crippen LogP contribution in [0.15, 0.2) is 46.6 Å². The van der Waals surface area contributed by atoms with Gasteiger partial charge in [-0.15, -0.1) is 11.3 Å². The molecule has 0 saturated heterocycles. The van der Waals surface area contributed by atoms with E-state index < -0.39 is 0 Å². The number of carbonyl (C=O) groups is 1. The number of benzene rings is 1.